The maximum atomic E-state index is 13.9. The van der Waals surface area contributed by atoms with Crippen molar-refractivity contribution >= 4 is 5.69 Å². The third-order valence-corrected chi connectivity index (χ3v) is 3.26. The molecular formula is C15H16F3N3. The van der Waals surface area contributed by atoms with Gasteiger partial charge in [-0.05, 0) is 23.8 Å². The maximum absolute atomic E-state index is 13.9. The molecule has 2 aromatic rings. The highest BCUT2D eigenvalue weighted by Gasteiger charge is 2.21. The highest BCUT2D eigenvalue weighted by molar-refractivity contribution is 5.49. The standard InChI is InChI=1S/C15H16F3N3/c1-21(2)10-5-3-4-9(8-10)15(20-19)11-6-7-12(16)14(18)13(11)17/h3-8,15,20H,19H2,1-2H3. The Morgan fingerprint density at radius 3 is 2.38 bits per heavy atom. The van der Waals surface area contributed by atoms with E-state index in [9.17, 15) is 13.2 Å². The molecule has 1 atom stereocenters. The number of rotatable bonds is 4. The first kappa shape index (κ1) is 15.3. The van der Waals surface area contributed by atoms with Crippen LogP contribution in [0.1, 0.15) is 17.2 Å². The molecule has 3 nitrogen and oxygen atoms in total. The van der Waals surface area contributed by atoms with E-state index in [0.29, 0.717) is 5.56 Å². The van der Waals surface area contributed by atoms with Gasteiger partial charge in [-0.3, -0.25) is 5.84 Å². The van der Waals surface area contributed by atoms with Gasteiger partial charge in [-0.25, -0.2) is 18.6 Å². The first-order valence-corrected chi connectivity index (χ1v) is 6.32. The Hall–Kier alpha value is -2.05. The van der Waals surface area contributed by atoms with Crippen LogP contribution in [0.15, 0.2) is 36.4 Å². The van der Waals surface area contributed by atoms with Crippen LogP contribution in [-0.2, 0) is 0 Å². The lowest BCUT2D eigenvalue weighted by Gasteiger charge is -2.20. The van der Waals surface area contributed by atoms with E-state index in [-0.39, 0.29) is 5.56 Å². The van der Waals surface area contributed by atoms with E-state index in [0.717, 1.165) is 11.8 Å². The molecule has 2 aromatic carbocycles. The van der Waals surface area contributed by atoms with Crippen LogP contribution >= 0.6 is 0 Å². The van der Waals surface area contributed by atoms with E-state index in [4.69, 9.17) is 5.84 Å². The quantitative estimate of drug-likeness (QED) is 0.518. The molecule has 21 heavy (non-hydrogen) atoms. The molecule has 0 fully saturated rings. The van der Waals surface area contributed by atoms with Crippen molar-refractivity contribution in [1.29, 1.82) is 0 Å². The van der Waals surface area contributed by atoms with Crippen molar-refractivity contribution in [3.8, 4) is 0 Å². The molecule has 6 heteroatoms. The molecule has 0 aliphatic carbocycles. The fraction of sp³-hybridized carbons (Fsp3) is 0.200. The zero-order chi connectivity index (χ0) is 15.6. The van der Waals surface area contributed by atoms with Crippen molar-refractivity contribution in [2.75, 3.05) is 19.0 Å². The van der Waals surface area contributed by atoms with E-state index in [2.05, 4.69) is 5.43 Å². The van der Waals surface area contributed by atoms with Gasteiger partial charge in [0.25, 0.3) is 0 Å². The lowest BCUT2D eigenvalue weighted by atomic mass is 9.98. The van der Waals surface area contributed by atoms with Gasteiger partial charge in [-0.2, -0.15) is 0 Å². The van der Waals surface area contributed by atoms with Crippen LogP contribution in [0.2, 0.25) is 0 Å². The van der Waals surface area contributed by atoms with Gasteiger partial charge in [-0.1, -0.05) is 18.2 Å². The minimum Gasteiger partial charge on any atom is -0.378 e. The Bertz CT molecular complexity index is 644. The highest BCUT2D eigenvalue weighted by atomic mass is 19.2. The maximum Gasteiger partial charge on any atom is 0.194 e. The SMILES string of the molecule is CN(C)c1cccc(C(NN)c2ccc(F)c(F)c2F)c1. The summed E-state index contributed by atoms with van der Waals surface area (Å²) in [6.07, 6.45) is 0. The topological polar surface area (TPSA) is 41.3 Å². The average Bonchev–Trinajstić information content (AvgIpc) is 2.48. The summed E-state index contributed by atoms with van der Waals surface area (Å²) in [5, 5.41) is 0. The first-order valence-electron chi connectivity index (χ1n) is 6.32. The molecule has 0 saturated heterocycles. The lowest BCUT2D eigenvalue weighted by Crippen LogP contribution is -2.30. The van der Waals surface area contributed by atoms with Crippen LogP contribution in [0.3, 0.4) is 0 Å². The van der Waals surface area contributed by atoms with Gasteiger partial charge in [0.15, 0.2) is 17.5 Å². The molecule has 0 amide bonds. The summed E-state index contributed by atoms with van der Waals surface area (Å²) in [5.41, 5.74) is 3.92. The molecule has 0 aromatic heterocycles. The van der Waals surface area contributed by atoms with Gasteiger partial charge < -0.3 is 4.90 Å². The number of nitrogens with zero attached hydrogens (tertiary/aromatic N) is 1. The summed E-state index contributed by atoms with van der Waals surface area (Å²) in [5.74, 6) is 1.50. The largest absolute Gasteiger partial charge is 0.378 e. The number of hydrogen-bond donors (Lipinski definition) is 2. The Morgan fingerprint density at radius 2 is 1.76 bits per heavy atom. The van der Waals surface area contributed by atoms with Crippen molar-refractivity contribution in [3.63, 3.8) is 0 Å². The number of nitrogens with one attached hydrogen (secondary N) is 1. The van der Waals surface area contributed by atoms with Crippen LogP contribution < -0.4 is 16.2 Å². The monoisotopic (exact) mass is 295 g/mol. The average molecular weight is 295 g/mol. The second-order valence-corrected chi connectivity index (χ2v) is 4.85. The smallest absolute Gasteiger partial charge is 0.194 e. The molecule has 112 valence electrons. The van der Waals surface area contributed by atoms with Crippen LogP contribution in [0, 0.1) is 17.5 Å². The molecule has 0 aliphatic heterocycles. The molecule has 0 heterocycles. The second-order valence-electron chi connectivity index (χ2n) is 4.85. The zero-order valence-electron chi connectivity index (χ0n) is 11.7. The van der Waals surface area contributed by atoms with Crippen molar-refractivity contribution in [1.82, 2.24) is 5.43 Å². The molecule has 0 bridgehead atoms. The van der Waals surface area contributed by atoms with Crippen LogP contribution in [-0.4, -0.2) is 14.1 Å². The van der Waals surface area contributed by atoms with Gasteiger partial charge >= 0.3 is 0 Å². The third-order valence-electron chi connectivity index (χ3n) is 3.26. The van der Waals surface area contributed by atoms with Crippen molar-refractivity contribution < 1.29 is 13.2 Å². The number of hydrazine groups is 1. The van der Waals surface area contributed by atoms with Gasteiger partial charge in [0, 0.05) is 25.3 Å². The van der Waals surface area contributed by atoms with Gasteiger partial charge in [0.2, 0.25) is 0 Å². The predicted octanol–water partition coefficient (Wildman–Crippen LogP) is 2.72. The van der Waals surface area contributed by atoms with E-state index >= 15 is 0 Å². The minimum atomic E-state index is -1.50. The summed E-state index contributed by atoms with van der Waals surface area (Å²) >= 11 is 0. The Morgan fingerprint density at radius 1 is 1.05 bits per heavy atom. The molecule has 2 rings (SSSR count). The van der Waals surface area contributed by atoms with Gasteiger partial charge in [-0.15, -0.1) is 0 Å². The number of nitrogens with two attached hydrogens (primary N) is 1. The zero-order valence-corrected chi connectivity index (χ0v) is 11.7. The molecule has 1 unspecified atom stereocenters. The van der Waals surface area contributed by atoms with E-state index in [1.807, 2.05) is 25.1 Å². The molecule has 0 saturated carbocycles. The lowest BCUT2D eigenvalue weighted by molar-refractivity contribution is 0.433. The van der Waals surface area contributed by atoms with Crippen LogP contribution in [0.25, 0.3) is 0 Å². The highest BCUT2D eigenvalue weighted by Crippen LogP contribution is 2.28. The van der Waals surface area contributed by atoms with Crippen molar-refractivity contribution in [2.45, 2.75) is 6.04 Å². The summed E-state index contributed by atoms with van der Waals surface area (Å²) in [6, 6.07) is 8.48. The summed E-state index contributed by atoms with van der Waals surface area (Å²) < 4.78 is 40.3. The molecule has 0 radical (unpaired) electrons. The second kappa shape index (κ2) is 6.15. The van der Waals surface area contributed by atoms with Gasteiger partial charge in [0.05, 0.1) is 6.04 Å². The summed E-state index contributed by atoms with van der Waals surface area (Å²) in [6.45, 7) is 0. The minimum absolute atomic E-state index is 0.0488. The molecule has 0 spiro atoms. The third kappa shape index (κ3) is 3.01. The Balaban J connectivity index is 2.50. The van der Waals surface area contributed by atoms with Crippen LogP contribution in [0.4, 0.5) is 18.9 Å². The van der Waals surface area contributed by atoms with Crippen molar-refractivity contribution in [3.05, 3.63) is 65.0 Å². The summed E-state index contributed by atoms with van der Waals surface area (Å²) in [4.78, 5) is 1.87. The molecule has 3 N–H and O–H groups in total. The normalized spacial score (nSPS) is 12.3. The summed E-state index contributed by atoms with van der Waals surface area (Å²) in [7, 11) is 3.73. The Labute approximate surface area is 121 Å². The first-order chi connectivity index (χ1) is 9.95. The number of hydrogen-bond acceptors (Lipinski definition) is 3. The number of anilines is 1. The van der Waals surface area contributed by atoms with E-state index in [1.54, 1.807) is 18.2 Å². The van der Waals surface area contributed by atoms with Crippen LogP contribution in [0.5, 0.6) is 0 Å². The number of halogens is 3. The Kier molecular flexibility index (Phi) is 4.50. The van der Waals surface area contributed by atoms with E-state index in [1.165, 1.54) is 6.07 Å². The fourth-order valence-corrected chi connectivity index (χ4v) is 2.11. The molecular weight excluding hydrogens is 279 g/mol. The number of benzene rings is 2. The van der Waals surface area contributed by atoms with Gasteiger partial charge in [0.1, 0.15) is 0 Å². The predicted molar refractivity (Wildman–Crippen MR) is 76.3 cm³/mol. The fourth-order valence-electron chi connectivity index (χ4n) is 2.11. The van der Waals surface area contributed by atoms with Crippen molar-refractivity contribution in [2.24, 2.45) is 5.84 Å². The molecule has 0 aliphatic rings. The van der Waals surface area contributed by atoms with E-state index < -0.39 is 23.5 Å².